The van der Waals surface area contributed by atoms with E-state index in [1.807, 2.05) is 25.2 Å². The first-order valence-corrected chi connectivity index (χ1v) is 7.45. The third-order valence-corrected chi connectivity index (χ3v) is 4.30. The molecular formula is C18H22ClN. The maximum absolute atomic E-state index is 6.26. The van der Waals surface area contributed by atoms with E-state index in [0.29, 0.717) is 6.04 Å². The second kappa shape index (κ2) is 6.92. The zero-order valence-electron chi connectivity index (χ0n) is 12.4. The van der Waals surface area contributed by atoms with Crippen molar-refractivity contribution in [1.82, 2.24) is 5.32 Å². The fraction of sp³-hybridized carbons (Fsp3) is 0.333. The highest BCUT2D eigenvalue weighted by Gasteiger charge is 2.13. The summed E-state index contributed by atoms with van der Waals surface area (Å²) in [4.78, 5) is 0. The summed E-state index contributed by atoms with van der Waals surface area (Å²) in [5, 5.41) is 4.28. The molecule has 0 fully saturated rings. The van der Waals surface area contributed by atoms with Crippen molar-refractivity contribution < 1.29 is 0 Å². The SMILES string of the molecule is CNC(Cc1ccccc1Cl)Cc1c(C)cccc1C. The first-order valence-electron chi connectivity index (χ1n) is 7.07. The number of benzene rings is 2. The molecular weight excluding hydrogens is 266 g/mol. The molecule has 0 radical (unpaired) electrons. The monoisotopic (exact) mass is 287 g/mol. The maximum Gasteiger partial charge on any atom is 0.0438 e. The van der Waals surface area contributed by atoms with E-state index in [4.69, 9.17) is 11.6 Å². The first kappa shape index (κ1) is 15.1. The molecule has 2 rings (SSSR count). The second-order valence-electron chi connectivity index (χ2n) is 5.36. The van der Waals surface area contributed by atoms with Crippen LogP contribution in [0.15, 0.2) is 42.5 Å². The molecule has 2 aromatic carbocycles. The predicted octanol–water partition coefficient (Wildman–Crippen LogP) is 4.33. The van der Waals surface area contributed by atoms with Gasteiger partial charge in [0.1, 0.15) is 0 Å². The first-order chi connectivity index (χ1) is 9.61. The zero-order chi connectivity index (χ0) is 14.5. The van der Waals surface area contributed by atoms with Gasteiger partial charge in [-0.2, -0.15) is 0 Å². The molecule has 0 aliphatic heterocycles. The summed E-state index contributed by atoms with van der Waals surface area (Å²) in [5.74, 6) is 0. The van der Waals surface area contributed by atoms with Crippen molar-refractivity contribution >= 4 is 11.6 Å². The average molecular weight is 288 g/mol. The average Bonchev–Trinajstić information content (AvgIpc) is 2.44. The predicted molar refractivity (Wildman–Crippen MR) is 87.6 cm³/mol. The summed E-state index contributed by atoms with van der Waals surface area (Å²) in [6, 6.07) is 15.0. The summed E-state index contributed by atoms with van der Waals surface area (Å²) in [6.45, 7) is 4.37. The molecule has 1 N–H and O–H groups in total. The summed E-state index contributed by atoms with van der Waals surface area (Å²) in [7, 11) is 2.02. The Kier molecular flexibility index (Phi) is 5.22. The van der Waals surface area contributed by atoms with E-state index in [1.54, 1.807) is 0 Å². The quantitative estimate of drug-likeness (QED) is 0.863. The lowest BCUT2D eigenvalue weighted by molar-refractivity contribution is 0.554. The van der Waals surface area contributed by atoms with Crippen LogP contribution in [0.2, 0.25) is 5.02 Å². The van der Waals surface area contributed by atoms with Crippen LogP contribution in [0.4, 0.5) is 0 Å². The van der Waals surface area contributed by atoms with E-state index in [1.165, 1.54) is 22.3 Å². The van der Waals surface area contributed by atoms with E-state index in [0.717, 1.165) is 17.9 Å². The van der Waals surface area contributed by atoms with Gasteiger partial charge in [0.2, 0.25) is 0 Å². The van der Waals surface area contributed by atoms with Crippen LogP contribution in [0.5, 0.6) is 0 Å². The van der Waals surface area contributed by atoms with Crippen molar-refractivity contribution in [3.05, 3.63) is 69.7 Å². The van der Waals surface area contributed by atoms with Crippen molar-refractivity contribution in [3.8, 4) is 0 Å². The molecule has 0 aliphatic rings. The number of aryl methyl sites for hydroxylation is 2. The third kappa shape index (κ3) is 3.62. The fourth-order valence-corrected chi connectivity index (χ4v) is 2.84. The van der Waals surface area contributed by atoms with Crippen molar-refractivity contribution in [2.75, 3.05) is 7.05 Å². The fourth-order valence-electron chi connectivity index (χ4n) is 2.62. The van der Waals surface area contributed by atoms with Gasteiger partial charge in [-0.25, -0.2) is 0 Å². The van der Waals surface area contributed by atoms with Gasteiger partial charge in [0.25, 0.3) is 0 Å². The molecule has 0 spiro atoms. The molecule has 0 heterocycles. The number of halogens is 1. The number of likely N-dealkylation sites (N-methyl/N-ethyl adjacent to an activating group) is 1. The largest absolute Gasteiger partial charge is 0.316 e. The molecule has 1 nitrogen and oxygen atoms in total. The number of hydrogen-bond donors (Lipinski definition) is 1. The summed E-state index contributed by atoms with van der Waals surface area (Å²) in [5.41, 5.74) is 5.38. The molecule has 0 saturated carbocycles. The van der Waals surface area contributed by atoms with Crippen molar-refractivity contribution in [1.29, 1.82) is 0 Å². The Morgan fingerprint density at radius 1 is 0.950 bits per heavy atom. The number of nitrogens with one attached hydrogen (secondary N) is 1. The van der Waals surface area contributed by atoms with Crippen LogP contribution < -0.4 is 5.32 Å². The van der Waals surface area contributed by atoms with Crippen molar-refractivity contribution in [2.45, 2.75) is 32.7 Å². The standard InChI is InChI=1S/C18H22ClN/c1-13-7-6-8-14(2)17(13)12-16(20-3)11-15-9-4-5-10-18(15)19/h4-10,16,20H,11-12H2,1-3H3. The minimum atomic E-state index is 0.398. The zero-order valence-corrected chi connectivity index (χ0v) is 13.2. The number of rotatable bonds is 5. The molecule has 0 aromatic heterocycles. The van der Waals surface area contributed by atoms with E-state index in [9.17, 15) is 0 Å². The van der Waals surface area contributed by atoms with Crippen molar-refractivity contribution in [2.24, 2.45) is 0 Å². The minimum Gasteiger partial charge on any atom is -0.316 e. The molecule has 2 heteroatoms. The molecule has 1 unspecified atom stereocenters. The van der Waals surface area contributed by atoms with Crippen molar-refractivity contribution in [3.63, 3.8) is 0 Å². The van der Waals surface area contributed by atoms with E-state index in [2.05, 4.69) is 43.4 Å². The van der Waals surface area contributed by atoms with Gasteiger partial charge in [0.15, 0.2) is 0 Å². The van der Waals surface area contributed by atoms with Crippen LogP contribution >= 0.6 is 11.6 Å². The van der Waals surface area contributed by atoms with Gasteiger partial charge in [0, 0.05) is 11.1 Å². The minimum absolute atomic E-state index is 0.398. The lowest BCUT2D eigenvalue weighted by atomic mass is 9.93. The smallest absolute Gasteiger partial charge is 0.0438 e. The molecule has 0 saturated heterocycles. The molecule has 0 bridgehead atoms. The Morgan fingerprint density at radius 3 is 2.20 bits per heavy atom. The Morgan fingerprint density at radius 2 is 1.60 bits per heavy atom. The van der Waals surface area contributed by atoms with Crippen LogP contribution in [-0.4, -0.2) is 13.1 Å². The van der Waals surface area contributed by atoms with Crippen LogP contribution in [0.3, 0.4) is 0 Å². The second-order valence-corrected chi connectivity index (χ2v) is 5.76. The van der Waals surface area contributed by atoms with Crippen LogP contribution in [0.25, 0.3) is 0 Å². The molecule has 2 aromatic rings. The van der Waals surface area contributed by atoms with Crippen LogP contribution in [-0.2, 0) is 12.8 Å². The van der Waals surface area contributed by atoms with Crippen LogP contribution in [0, 0.1) is 13.8 Å². The maximum atomic E-state index is 6.26. The summed E-state index contributed by atoms with van der Waals surface area (Å²) >= 11 is 6.26. The number of hydrogen-bond acceptors (Lipinski definition) is 1. The highest BCUT2D eigenvalue weighted by atomic mass is 35.5. The Labute approximate surface area is 127 Å². The highest BCUT2D eigenvalue weighted by Crippen LogP contribution is 2.20. The van der Waals surface area contributed by atoms with Gasteiger partial charge in [-0.05, 0) is 62.1 Å². The Bertz CT molecular complexity index is 557. The highest BCUT2D eigenvalue weighted by molar-refractivity contribution is 6.31. The lowest BCUT2D eigenvalue weighted by Crippen LogP contribution is -2.30. The molecule has 20 heavy (non-hydrogen) atoms. The van der Waals surface area contributed by atoms with Gasteiger partial charge in [-0.3, -0.25) is 0 Å². The van der Waals surface area contributed by atoms with Gasteiger partial charge >= 0.3 is 0 Å². The topological polar surface area (TPSA) is 12.0 Å². The molecule has 1 atom stereocenters. The van der Waals surface area contributed by atoms with Gasteiger partial charge in [-0.1, -0.05) is 48.0 Å². The normalized spacial score (nSPS) is 12.4. The Hall–Kier alpha value is -1.31. The van der Waals surface area contributed by atoms with E-state index >= 15 is 0 Å². The summed E-state index contributed by atoms with van der Waals surface area (Å²) in [6.07, 6.45) is 1.98. The Balaban J connectivity index is 2.16. The van der Waals surface area contributed by atoms with Crippen LogP contribution in [0.1, 0.15) is 22.3 Å². The van der Waals surface area contributed by atoms with Gasteiger partial charge in [-0.15, -0.1) is 0 Å². The van der Waals surface area contributed by atoms with E-state index < -0.39 is 0 Å². The lowest BCUT2D eigenvalue weighted by Gasteiger charge is -2.19. The van der Waals surface area contributed by atoms with Gasteiger partial charge in [0.05, 0.1) is 0 Å². The van der Waals surface area contributed by atoms with Gasteiger partial charge < -0.3 is 5.32 Å². The molecule has 0 aliphatic carbocycles. The third-order valence-electron chi connectivity index (χ3n) is 3.93. The molecule has 106 valence electrons. The molecule has 0 amide bonds. The van der Waals surface area contributed by atoms with E-state index in [-0.39, 0.29) is 0 Å². The summed E-state index contributed by atoms with van der Waals surface area (Å²) < 4.78 is 0.